The molecular weight excluding hydrogens is 180 g/mol. The Bertz CT molecular complexity index is 530. The van der Waals surface area contributed by atoms with Crippen LogP contribution in [0.25, 0.3) is 11.4 Å². The van der Waals surface area contributed by atoms with Crippen LogP contribution >= 0.6 is 0 Å². The van der Waals surface area contributed by atoms with Crippen molar-refractivity contribution in [1.82, 2.24) is 9.97 Å². The van der Waals surface area contributed by atoms with Crippen LogP contribution in [-0.2, 0) is 5.41 Å². The van der Waals surface area contributed by atoms with Gasteiger partial charge in [0, 0.05) is 11.1 Å². The van der Waals surface area contributed by atoms with Crippen molar-refractivity contribution in [2.24, 2.45) is 0 Å². The molecular formula is C10H10N2O2. The maximum atomic E-state index is 11.2. The van der Waals surface area contributed by atoms with E-state index in [1.165, 1.54) is 0 Å². The number of fused-ring (bicyclic) bond motifs is 1. The first kappa shape index (κ1) is 8.99. The lowest BCUT2D eigenvalue weighted by molar-refractivity contribution is 0.573. The lowest BCUT2D eigenvalue weighted by Gasteiger charge is -2.14. The highest BCUT2D eigenvalue weighted by atomic mass is 16.2. The van der Waals surface area contributed by atoms with Crippen molar-refractivity contribution >= 4 is 0 Å². The third-order valence-electron chi connectivity index (χ3n) is 2.15. The van der Waals surface area contributed by atoms with Gasteiger partial charge in [0.2, 0.25) is 0 Å². The van der Waals surface area contributed by atoms with Crippen LogP contribution in [0.2, 0.25) is 0 Å². The molecule has 0 fully saturated rings. The summed E-state index contributed by atoms with van der Waals surface area (Å²) >= 11 is 0. The van der Waals surface area contributed by atoms with Crippen molar-refractivity contribution in [2.75, 3.05) is 0 Å². The molecule has 0 spiro atoms. The molecule has 0 amide bonds. The lowest BCUT2D eigenvalue weighted by atomic mass is 9.93. The summed E-state index contributed by atoms with van der Waals surface area (Å²) in [6.45, 7) is 5.99. The number of rotatable bonds is 0. The molecule has 0 aromatic rings. The van der Waals surface area contributed by atoms with E-state index in [2.05, 4.69) is 9.97 Å². The number of hydrogen-bond acceptors (Lipinski definition) is 4. The van der Waals surface area contributed by atoms with Crippen LogP contribution in [-0.4, -0.2) is 9.97 Å². The summed E-state index contributed by atoms with van der Waals surface area (Å²) in [7, 11) is 0. The Morgan fingerprint density at radius 1 is 1.14 bits per heavy atom. The van der Waals surface area contributed by atoms with Gasteiger partial charge in [-0.15, -0.1) is 0 Å². The van der Waals surface area contributed by atoms with Gasteiger partial charge >= 0.3 is 5.56 Å². The Labute approximate surface area is 80.7 Å². The molecule has 2 rings (SSSR count). The quantitative estimate of drug-likeness (QED) is 0.567. The highest BCUT2D eigenvalue weighted by Crippen LogP contribution is 2.25. The minimum absolute atomic E-state index is 0.122. The van der Waals surface area contributed by atoms with Gasteiger partial charge in [0.1, 0.15) is 5.69 Å². The highest BCUT2D eigenvalue weighted by molar-refractivity contribution is 5.59. The van der Waals surface area contributed by atoms with Gasteiger partial charge in [-0.25, -0.2) is 9.97 Å². The van der Waals surface area contributed by atoms with Gasteiger partial charge in [-0.05, 0) is 6.07 Å². The van der Waals surface area contributed by atoms with E-state index < -0.39 is 11.0 Å². The Morgan fingerprint density at radius 2 is 1.79 bits per heavy atom. The molecule has 72 valence electrons. The largest absolute Gasteiger partial charge is 0.320 e. The predicted molar refractivity (Wildman–Crippen MR) is 52.3 cm³/mol. The fourth-order valence-corrected chi connectivity index (χ4v) is 1.31. The number of hydrogen-bond donors (Lipinski definition) is 0. The average Bonchev–Trinajstić information content (AvgIpc) is 2.54. The van der Waals surface area contributed by atoms with Gasteiger partial charge in [-0.3, -0.25) is 9.59 Å². The highest BCUT2D eigenvalue weighted by Gasteiger charge is 2.24. The number of aromatic nitrogens is 2. The molecule has 2 aliphatic rings. The Morgan fingerprint density at radius 3 is 2.29 bits per heavy atom. The lowest BCUT2D eigenvalue weighted by Crippen LogP contribution is -2.20. The molecule has 0 aromatic carbocycles. The van der Waals surface area contributed by atoms with Crippen LogP contribution in [0.3, 0.4) is 0 Å². The predicted octanol–water partition coefficient (Wildman–Crippen LogP) is 0.475. The number of nitrogens with zero attached hydrogens (tertiary/aromatic N) is 2. The molecule has 0 saturated carbocycles. The Balaban J connectivity index is 2.72. The summed E-state index contributed by atoms with van der Waals surface area (Å²) in [4.78, 5) is 29.9. The van der Waals surface area contributed by atoms with E-state index in [0.29, 0.717) is 5.69 Å². The molecule has 2 aliphatic heterocycles. The second kappa shape index (κ2) is 2.47. The van der Waals surface area contributed by atoms with E-state index in [1.54, 1.807) is 6.07 Å². The molecule has 0 unspecified atom stereocenters. The van der Waals surface area contributed by atoms with Crippen LogP contribution in [0.5, 0.6) is 0 Å². The normalized spacial score (nSPS) is 12.5. The molecule has 14 heavy (non-hydrogen) atoms. The summed E-state index contributed by atoms with van der Waals surface area (Å²) in [6.07, 6.45) is 0. The van der Waals surface area contributed by atoms with E-state index >= 15 is 0 Å². The van der Waals surface area contributed by atoms with E-state index in [1.807, 2.05) is 20.8 Å². The standard InChI is InChI=1S/C10H10N2O2/c1-10(2,3)6-4-5-7(12-6)8(13)9(14)11-5/h4H,1-3H3. The van der Waals surface area contributed by atoms with Crippen LogP contribution in [0, 0.1) is 0 Å². The third-order valence-corrected chi connectivity index (χ3v) is 2.15. The van der Waals surface area contributed by atoms with Crippen molar-refractivity contribution in [3.63, 3.8) is 0 Å². The van der Waals surface area contributed by atoms with Gasteiger partial charge in [0.05, 0.1) is 5.69 Å². The Kier molecular flexibility index (Phi) is 1.58. The van der Waals surface area contributed by atoms with Gasteiger partial charge in [-0.2, -0.15) is 0 Å². The molecule has 0 aliphatic carbocycles. The zero-order chi connectivity index (χ0) is 10.5. The van der Waals surface area contributed by atoms with Gasteiger partial charge in [0.25, 0.3) is 5.43 Å². The summed E-state index contributed by atoms with van der Waals surface area (Å²) in [5.74, 6) is 0. The minimum Gasteiger partial charge on any atom is -0.281 e. The molecule has 0 bridgehead atoms. The monoisotopic (exact) mass is 190 g/mol. The second-order valence-corrected chi connectivity index (χ2v) is 4.37. The van der Waals surface area contributed by atoms with Crippen LogP contribution in [0.4, 0.5) is 0 Å². The molecule has 0 radical (unpaired) electrons. The van der Waals surface area contributed by atoms with Gasteiger partial charge < -0.3 is 0 Å². The molecule has 4 nitrogen and oxygen atoms in total. The van der Waals surface area contributed by atoms with Crippen molar-refractivity contribution < 1.29 is 0 Å². The molecule has 4 heteroatoms. The smallest absolute Gasteiger partial charge is 0.281 e. The summed E-state index contributed by atoms with van der Waals surface area (Å²) in [6, 6.07) is 1.71. The first-order chi connectivity index (χ1) is 6.39. The van der Waals surface area contributed by atoms with Crippen LogP contribution in [0.1, 0.15) is 26.5 Å². The van der Waals surface area contributed by atoms with E-state index in [-0.39, 0.29) is 11.1 Å². The molecule has 0 atom stereocenters. The van der Waals surface area contributed by atoms with E-state index in [9.17, 15) is 9.59 Å². The van der Waals surface area contributed by atoms with E-state index in [4.69, 9.17) is 0 Å². The molecule has 0 saturated heterocycles. The maximum Gasteiger partial charge on any atom is 0.320 e. The topological polar surface area (TPSA) is 59.9 Å². The maximum absolute atomic E-state index is 11.2. The van der Waals surface area contributed by atoms with E-state index in [0.717, 1.165) is 5.69 Å². The average molecular weight is 190 g/mol. The Hall–Kier alpha value is -1.58. The van der Waals surface area contributed by atoms with Gasteiger partial charge in [-0.1, -0.05) is 20.8 Å². The zero-order valence-corrected chi connectivity index (χ0v) is 8.29. The zero-order valence-electron chi connectivity index (χ0n) is 8.29. The third kappa shape index (κ3) is 1.14. The van der Waals surface area contributed by atoms with Crippen molar-refractivity contribution in [2.45, 2.75) is 26.2 Å². The summed E-state index contributed by atoms with van der Waals surface area (Å²) in [5.41, 5.74) is 0.0128. The first-order valence-corrected chi connectivity index (χ1v) is 4.38. The van der Waals surface area contributed by atoms with Crippen molar-refractivity contribution in [1.29, 1.82) is 0 Å². The second-order valence-electron chi connectivity index (χ2n) is 4.37. The van der Waals surface area contributed by atoms with Crippen LogP contribution < -0.4 is 11.0 Å². The van der Waals surface area contributed by atoms with Crippen LogP contribution in [0.15, 0.2) is 15.7 Å². The van der Waals surface area contributed by atoms with Crippen molar-refractivity contribution in [3.8, 4) is 11.4 Å². The molecule has 0 N–H and O–H groups in total. The summed E-state index contributed by atoms with van der Waals surface area (Å²) < 4.78 is 0. The fourth-order valence-electron chi connectivity index (χ4n) is 1.31. The molecule has 0 aromatic heterocycles. The molecule has 2 heterocycles. The fraction of sp³-hybridized carbons (Fsp3) is 0.400. The summed E-state index contributed by atoms with van der Waals surface area (Å²) in [5, 5.41) is 0. The SMILES string of the molecule is CC(C)(C)c1cc2nc(=O)c(=O)c-2n1. The van der Waals surface area contributed by atoms with Gasteiger partial charge in [0.15, 0.2) is 0 Å². The van der Waals surface area contributed by atoms with Crippen molar-refractivity contribution in [3.05, 3.63) is 32.3 Å². The first-order valence-electron chi connectivity index (χ1n) is 4.38. The minimum atomic E-state index is -0.706.